The van der Waals surface area contributed by atoms with Gasteiger partial charge in [0.05, 0.1) is 0 Å². The molecule has 3 heteroatoms. The van der Waals surface area contributed by atoms with Gasteiger partial charge in [0.25, 0.3) is 0 Å². The van der Waals surface area contributed by atoms with E-state index in [4.69, 9.17) is 5.73 Å². The number of H-pyrrole nitrogens is 1. The summed E-state index contributed by atoms with van der Waals surface area (Å²) in [4.78, 5) is 0. The number of aryl methyl sites for hydroxylation is 1. The number of benzene rings is 1. The van der Waals surface area contributed by atoms with Gasteiger partial charge in [-0.2, -0.15) is 5.10 Å². The molecule has 0 radical (unpaired) electrons. The minimum Gasteiger partial charge on any atom is -0.382 e. The van der Waals surface area contributed by atoms with Crippen LogP contribution in [0.5, 0.6) is 0 Å². The first-order valence-electron chi connectivity index (χ1n) is 7.64. The average molecular weight is 269 g/mol. The molecule has 3 rings (SSSR count). The molecule has 1 heterocycles. The Morgan fingerprint density at radius 1 is 1.25 bits per heavy atom. The second-order valence-electron chi connectivity index (χ2n) is 6.04. The molecule has 1 aliphatic rings. The summed E-state index contributed by atoms with van der Waals surface area (Å²) in [5.41, 5.74) is 10.8. The van der Waals surface area contributed by atoms with Crippen molar-refractivity contribution in [1.82, 2.24) is 10.2 Å². The topological polar surface area (TPSA) is 54.7 Å². The van der Waals surface area contributed by atoms with Crippen LogP contribution in [-0.4, -0.2) is 10.2 Å². The van der Waals surface area contributed by atoms with E-state index in [0.717, 1.165) is 17.9 Å². The molecular formula is C17H23N3. The number of hydrogen-bond acceptors (Lipinski definition) is 2. The van der Waals surface area contributed by atoms with E-state index in [1.54, 1.807) is 0 Å². The van der Waals surface area contributed by atoms with Gasteiger partial charge in [-0.15, -0.1) is 0 Å². The molecule has 3 nitrogen and oxygen atoms in total. The highest BCUT2D eigenvalue weighted by Crippen LogP contribution is 2.33. The summed E-state index contributed by atoms with van der Waals surface area (Å²) in [7, 11) is 0. The highest BCUT2D eigenvalue weighted by molar-refractivity contribution is 5.76. The molecule has 2 aromatic rings. The van der Waals surface area contributed by atoms with Crippen molar-refractivity contribution in [2.24, 2.45) is 5.92 Å². The Kier molecular flexibility index (Phi) is 3.77. The smallest absolute Gasteiger partial charge is 0.153 e. The quantitative estimate of drug-likeness (QED) is 0.881. The van der Waals surface area contributed by atoms with Crippen LogP contribution in [0.25, 0.3) is 11.1 Å². The summed E-state index contributed by atoms with van der Waals surface area (Å²) in [6.45, 7) is 2.11. The molecule has 1 aromatic carbocycles. The number of nitrogens with one attached hydrogen (secondary N) is 1. The van der Waals surface area contributed by atoms with Gasteiger partial charge in [0, 0.05) is 11.3 Å². The van der Waals surface area contributed by atoms with E-state index < -0.39 is 0 Å². The lowest BCUT2D eigenvalue weighted by molar-refractivity contribution is 0.354. The van der Waals surface area contributed by atoms with Crippen molar-refractivity contribution in [3.05, 3.63) is 35.5 Å². The van der Waals surface area contributed by atoms with Gasteiger partial charge in [0.1, 0.15) is 0 Å². The summed E-state index contributed by atoms with van der Waals surface area (Å²) in [6.07, 6.45) is 7.89. The zero-order chi connectivity index (χ0) is 13.9. The minimum atomic E-state index is 0.626. The lowest BCUT2D eigenvalue weighted by Crippen LogP contribution is -2.10. The predicted octanol–water partition coefficient (Wildman–Crippen LogP) is 4.09. The van der Waals surface area contributed by atoms with E-state index in [1.807, 2.05) is 0 Å². The number of aromatic amines is 1. The van der Waals surface area contributed by atoms with Gasteiger partial charge in [0.15, 0.2) is 5.82 Å². The second kappa shape index (κ2) is 5.70. The summed E-state index contributed by atoms with van der Waals surface area (Å²) < 4.78 is 0. The van der Waals surface area contributed by atoms with Crippen LogP contribution in [0.4, 0.5) is 5.82 Å². The van der Waals surface area contributed by atoms with Crippen LogP contribution < -0.4 is 5.73 Å². The molecule has 20 heavy (non-hydrogen) atoms. The number of rotatable bonds is 3. The zero-order valence-electron chi connectivity index (χ0n) is 12.2. The molecular weight excluding hydrogens is 246 g/mol. The largest absolute Gasteiger partial charge is 0.382 e. The van der Waals surface area contributed by atoms with Gasteiger partial charge in [-0.25, -0.2) is 0 Å². The van der Waals surface area contributed by atoms with Crippen LogP contribution in [0.15, 0.2) is 24.3 Å². The maximum Gasteiger partial charge on any atom is 0.153 e. The Morgan fingerprint density at radius 2 is 2.05 bits per heavy atom. The van der Waals surface area contributed by atoms with Crippen molar-refractivity contribution in [2.75, 3.05) is 5.73 Å². The van der Waals surface area contributed by atoms with E-state index in [-0.39, 0.29) is 0 Å². The fourth-order valence-electron chi connectivity index (χ4n) is 3.34. The van der Waals surface area contributed by atoms with Crippen LogP contribution in [0.1, 0.15) is 43.4 Å². The third-order valence-electron chi connectivity index (χ3n) is 4.39. The first kappa shape index (κ1) is 13.2. The fraction of sp³-hybridized carbons (Fsp3) is 0.471. The number of nitrogens with zero attached hydrogens (tertiary/aromatic N) is 1. The normalized spacial score (nSPS) is 16.4. The maximum atomic E-state index is 6.09. The summed E-state index contributed by atoms with van der Waals surface area (Å²) in [5, 5.41) is 7.41. The second-order valence-corrected chi connectivity index (χ2v) is 6.04. The first-order chi connectivity index (χ1) is 9.74. The van der Waals surface area contributed by atoms with E-state index in [9.17, 15) is 0 Å². The maximum absolute atomic E-state index is 6.09. The number of hydrogen-bond donors (Lipinski definition) is 2. The lowest BCUT2D eigenvalue weighted by Gasteiger charge is -2.21. The Bertz CT molecular complexity index is 580. The Labute approximate surface area is 120 Å². The van der Waals surface area contributed by atoms with Crippen molar-refractivity contribution in [2.45, 2.75) is 45.4 Å². The van der Waals surface area contributed by atoms with Crippen LogP contribution in [0.2, 0.25) is 0 Å². The molecule has 0 saturated heterocycles. The van der Waals surface area contributed by atoms with Crippen molar-refractivity contribution in [3.8, 4) is 11.1 Å². The van der Waals surface area contributed by atoms with Crippen molar-refractivity contribution < 1.29 is 0 Å². The molecule has 1 aromatic heterocycles. The summed E-state index contributed by atoms with van der Waals surface area (Å²) in [5.74, 6) is 1.41. The van der Waals surface area contributed by atoms with Gasteiger partial charge in [-0.1, -0.05) is 61.9 Å². The predicted molar refractivity (Wildman–Crippen MR) is 83.5 cm³/mol. The van der Waals surface area contributed by atoms with Gasteiger partial charge >= 0.3 is 0 Å². The Morgan fingerprint density at radius 3 is 2.80 bits per heavy atom. The van der Waals surface area contributed by atoms with Gasteiger partial charge < -0.3 is 5.73 Å². The molecule has 0 bridgehead atoms. The van der Waals surface area contributed by atoms with Crippen LogP contribution in [-0.2, 0) is 6.42 Å². The van der Waals surface area contributed by atoms with Crippen LogP contribution >= 0.6 is 0 Å². The van der Waals surface area contributed by atoms with Crippen molar-refractivity contribution in [1.29, 1.82) is 0 Å². The van der Waals surface area contributed by atoms with E-state index in [2.05, 4.69) is 41.4 Å². The summed E-state index contributed by atoms with van der Waals surface area (Å²) in [6, 6.07) is 8.51. The standard InChI is InChI=1S/C17H23N3/c1-12-6-5-9-14(10-12)16-15(19-20-17(16)18)11-13-7-3-2-4-8-13/h5-6,9-10,13H,2-4,7-8,11H2,1H3,(H3,18,19,20). The number of nitrogen functional groups attached to an aromatic ring is 1. The van der Waals surface area contributed by atoms with Gasteiger partial charge in [-0.05, 0) is 24.8 Å². The van der Waals surface area contributed by atoms with E-state index in [0.29, 0.717) is 5.82 Å². The SMILES string of the molecule is Cc1cccc(-c2c(N)n[nH]c2CC2CCCCC2)c1. The van der Waals surface area contributed by atoms with E-state index >= 15 is 0 Å². The molecule has 0 atom stereocenters. The average Bonchev–Trinajstić information content (AvgIpc) is 2.81. The zero-order valence-corrected chi connectivity index (χ0v) is 12.2. The number of anilines is 1. The molecule has 1 aliphatic carbocycles. The van der Waals surface area contributed by atoms with E-state index in [1.165, 1.54) is 48.9 Å². The molecule has 3 N–H and O–H groups in total. The first-order valence-corrected chi connectivity index (χ1v) is 7.64. The highest BCUT2D eigenvalue weighted by Gasteiger charge is 2.19. The molecule has 1 saturated carbocycles. The molecule has 0 spiro atoms. The molecule has 0 unspecified atom stereocenters. The number of nitrogens with two attached hydrogens (primary N) is 1. The molecule has 1 fully saturated rings. The molecule has 0 aliphatic heterocycles. The number of aromatic nitrogens is 2. The van der Waals surface area contributed by atoms with Crippen LogP contribution in [0.3, 0.4) is 0 Å². The van der Waals surface area contributed by atoms with Gasteiger partial charge in [0.2, 0.25) is 0 Å². The molecule has 106 valence electrons. The minimum absolute atomic E-state index is 0.626. The highest BCUT2D eigenvalue weighted by atomic mass is 15.2. The Hall–Kier alpha value is -1.77. The monoisotopic (exact) mass is 269 g/mol. The summed E-state index contributed by atoms with van der Waals surface area (Å²) >= 11 is 0. The van der Waals surface area contributed by atoms with Gasteiger partial charge in [-0.3, -0.25) is 5.10 Å². The third-order valence-corrected chi connectivity index (χ3v) is 4.39. The third kappa shape index (κ3) is 2.72. The molecule has 0 amide bonds. The van der Waals surface area contributed by atoms with Crippen molar-refractivity contribution >= 4 is 5.82 Å². The van der Waals surface area contributed by atoms with Crippen molar-refractivity contribution in [3.63, 3.8) is 0 Å². The van der Waals surface area contributed by atoms with Crippen LogP contribution in [0, 0.1) is 12.8 Å². The fourth-order valence-corrected chi connectivity index (χ4v) is 3.34. The lowest BCUT2D eigenvalue weighted by atomic mass is 9.85. The Balaban J connectivity index is 1.89.